The normalized spacial score (nSPS) is 13.2. The second kappa shape index (κ2) is 7.77. The third-order valence-corrected chi connectivity index (χ3v) is 5.75. The molecule has 1 rings (SSSR count). The van der Waals surface area contributed by atoms with Crippen molar-refractivity contribution < 1.29 is 21.4 Å². The van der Waals surface area contributed by atoms with Gasteiger partial charge in [0, 0.05) is 5.92 Å². The van der Waals surface area contributed by atoms with Crippen LogP contribution in [0, 0.1) is 24.7 Å². The zero-order chi connectivity index (χ0) is 16.8. The first-order chi connectivity index (χ1) is 10.1. The van der Waals surface area contributed by atoms with Gasteiger partial charge in [0.25, 0.3) is 10.1 Å². The molecule has 0 radical (unpaired) electrons. The van der Waals surface area contributed by atoms with Crippen LogP contribution in [0.4, 0.5) is 0 Å². The third kappa shape index (κ3) is 6.60. The van der Waals surface area contributed by atoms with E-state index in [0.717, 1.165) is 5.56 Å². The minimum Gasteiger partial charge on any atom is -0.286 e. The molecule has 0 aliphatic rings. The molecule has 5 nitrogen and oxygen atoms in total. The van der Waals surface area contributed by atoms with E-state index in [0.29, 0.717) is 6.42 Å². The van der Waals surface area contributed by atoms with Crippen LogP contribution >= 0.6 is 0 Å². The zero-order valence-corrected chi connectivity index (χ0v) is 14.2. The molecule has 1 aromatic carbocycles. The van der Waals surface area contributed by atoms with Gasteiger partial charge in [-0.2, -0.15) is 8.42 Å². The molecule has 0 aliphatic heterocycles. The maximum Gasteiger partial charge on any atom is 0.266 e. The Labute approximate surface area is 132 Å². The maximum absolute atomic E-state index is 12.2. The summed E-state index contributed by atoms with van der Waals surface area (Å²) >= 11 is 0. The summed E-state index contributed by atoms with van der Waals surface area (Å²) in [5, 5.41) is 0. The summed E-state index contributed by atoms with van der Waals surface area (Å²) < 4.78 is 55.0. The van der Waals surface area contributed by atoms with Crippen LogP contribution in [-0.4, -0.2) is 32.9 Å². The van der Waals surface area contributed by atoms with E-state index in [-0.39, 0.29) is 17.1 Å². The standard InChI is InChI=1S/C15H20O5S2/c1-3-5-14(12-22(18,19)20)6-4-11-21(16,17)15-9-7-13(2)8-10-15/h7-10,14H,4,6,11-12H2,1-2H3,(H,18,19,20). The van der Waals surface area contributed by atoms with Gasteiger partial charge in [-0.1, -0.05) is 23.6 Å². The Balaban J connectivity index is 2.67. The molecule has 0 aliphatic carbocycles. The van der Waals surface area contributed by atoms with Crippen LogP contribution < -0.4 is 0 Å². The van der Waals surface area contributed by atoms with Crippen molar-refractivity contribution in [3.63, 3.8) is 0 Å². The highest BCUT2D eigenvalue weighted by Crippen LogP contribution is 2.16. The average Bonchev–Trinajstić information content (AvgIpc) is 2.37. The van der Waals surface area contributed by atoms with E-state index in [1.807, 2.05) is 6.92 Å². The average molecular weight is 344 g/mol. The van der Waals surface area contributed by atoms with Crippen LogP contribution in [0.3, 0.4) is 0 Å². The fraction of sp³-hybridized carbons (Fsp3) is 0.467. The lowest BCUT2D eigenvalue weighted by molar-refractivity contribution is 0.472. The Morgan fingerprint density at radius 1 is 1.14 bits per heavy atom. The van der Waals surface area contributed by atoms with Crippen molar-refractivity contribution in [3.05, 3.63) is 29.8 Å². The van der Waals surface area contributed by atoms with Crippen molar-refractivity contribution in [2.75, 3.05) is 11.5 Å². The molecule has 0 saturated heterocycles. The molecular formula is C15H20O5S2. The van der Waals surface area contributed by atoms with Gasteiger partial charge in [0.05, 0.1) is 16.4 Å². The summed E-state index contributed by atoms with van der Waals surface area (Å²) in [7, 11) is -7.51. The minimum absolute atomic E-state index is 0.0799. The van der Waals surface area contributed by atoms with Gasteiger partial charge >= 0.3 is 0 Å². The van der Waals surface area contributed by atoms with Crippen molar-refractivity contribution in [2.24, 2.45) is 5.92 Å². The van der Waals surface area contributed by atoms with Crippen LogP contribution in [0.5, 0.6) is 0 Å². The molecule has 0 heterocycles. The molecule has 1 unspecified atom stereocenters. The monoisotopic (exact) mass is 344 g/mol. The lowest BCUT2D eigenvalue weighted by Crippen LogP contribution is -2.16. The van der Waals surface area contributed by atoms with Crippen molar-refractivity contribution in [1.29, 1.82) is 0 Å². The molecule has 1 atom stereocenters. The van der Waals surface area contributed by atoms with E-state index in [1.165, 1.54) is 0 Å². The molecule has 1 N–H and O–H groups in total. The number of rotatable bonds is 7. The largest absolute Gasteiger partial charge is 0.286 e. The highest BCUT2D eigenvalue weighted by Gasteiger charge is 2.18. The number of sulfone groups is 1. The molecule has 0 bridgehead atoms. The molecule has 0 saturated carbocycles. The summed E-state index contributed by atoms with van der Waals surface area (Å²) in [4.78, 5) is 0.256. The molecule has 0 spiro atoms. The molecule has 22 heavy (non-hydrogen) atoms. The SMILES string of the molecule is CC#CC(CCCS(=O)(=O)c1ccc(C)cc1)CS(=O)(=O)O. The Hall–Kier alpha value is -1.36. The van der Waals surface area contributed by atoms with Gasteiger partial charge in [-0.3, -0.25) is 4.55 Å². The molecule has 122 valence electrons. The third-order valence-electron chi connectivity index (χ3n) is 3.11. The lowest BCUT2D eigenvalue weighted by Gasteiger charge is -2.09. The van der Waals surface area contributed by atoms with Crippen molar-refractivity contribution in [1.82, 2.24) is 0 Å². The quantitative estimate of drug-likeness (QED) is 0.604. The van der Waals surface area contributed by atoms with Crippen LogP contribution in [0.15, 0.2) is 29.2 Å². The van der Waals surface area contributed by atoms with Crippen LogP contribution in [-0.2, 0) is 20.0 Å². The van der Waals surface area contributed by atoms with Crippen molar-refractivity contribution in [3.8, 4) is 11.8 Å². The molecule has 1 aromatic rings. The lowest BCUT2D eigenvalue weighted by atomic mass is 10.1. The second-order valence-corrected chi connectivity index (χ2v) is 8.72. The van der Waals surface area contributed by atoms with Gasteiger partial charge in [-0.25, -0.2) is 8.42 Å². The predicted octanol–water partition coefficient (Wildman–Crippen LogP) is 2.08. The van der Waals surface area contributed by atoms with E-state index in [2.05, 4.69) is 11.8 Å². The predicted molar refractivity (Wildman–Crippen MR) is 85.8 cm³/mol. The first-order valence-corrected chi connectivity index (χ1v) is 10.1. The van der Waals surface area contributed by atoms with Gasteiger partial charge < -0.3 is 0 Å². The van der Waals surface area contributed by atoms with Crippen LogP contribution in [0.1, 0.15) is 25.3 Å². The fourth-order valence-electron chi connectivity index (χ4n) is 2.04. The zero-order valence-electron chi connectivity index (χ0n) is 12.6. The number of hydrogen-bond donors (Lipinski definition) is 1. The van der Waals surface area contributed by atoms with Gasteiger partial charge in [0.2, 0.25) is 0 Å². The van der Waals surface area contributed by atoms with Crippen molar-refractivity contribution >= 4 is 20.0 Å². The topological polar surface area (TPSA) is 88.5 Å². The smallest absolute Gasteiger partial charge is 0.266 e. The number of aryl methyl sites for hydroxylation is 1. The number of hydrogen-bond acceptors (Lipinski definition) is 4. The fourth-order valence-corrected chi connectivity index (χ4v) is 4.13. The van der Waals surface area contributed by atoms with Crippen LogP contribution in [0.2, 0.25) is 0 Å². The summed E-state index contributed by atoms with van der Waals surface area (Å²) in [6.07, 6.45) is 0.580. The Bertz CT molecular complexity index is 750. The highest BCUT2D eigenvalue weighted by atomic mass is 32.2. The van der Waals surface area contributed by atoms with E-state index in [9.17, 15) is 16.8 Å². The maximum atomic E-state index is 12.2. The Morgan fingerprint density at radius 2 is 1.73 bits per heavy atom. The van der Waals surface area contributed by atoms with Gasteiger partial charge in [-0.05, 0) is 38.8 Å². The van der Waals surface area contributed by atoms with E-state index in [4.69, 9.17) is 4.55 Å². The summed E-state index contributed by atoms with van der Waals surface area (Å²) in [5.74, 6) is 4.17. The van der Waals surface area contributed by atoms with E-state index in [1.54, 1.807) is 31.2 Å². The Kier molecular flexibility index (Phi) is 6.60. The Morgan fingerprint density at radius 3 is 2.23 bits per heavy atom. The van der Waals surface area contributed by atoms with E-state index >= 15 is 0 Å². The van der Waals surface area contributed by atoms with Crippen LogP contribution in [0.25, 0.3) is 0 Å². The summed E-state index contributed by atoms with van der Waals surface area (Å²) in [6.45, 7) is 3.44. The van der Waals surface area contributed by atoms with Gasteiger partial charge in [-0.15, -0.1) is 5.92 Å². The molecule has 0 fully saturated rings. The van der Waals surface area contributed by atoms with E-state index < -0.39 is 31.6 Å². The van der Waals surface area contributed by atoms with Gasteiger partial charge in [0.15, 0.2) is 9.84 Å². The molecule has 0 aromatic heterocycles. The minimum atomic E-state index is -4.12. The first-order valence-electron chi connectivity index (χ1n) is 6.81. The molecule has 0 amide bonds. The molecular weight excluding hydrogens is 324 g/mol. The first kappa shape index (κ1) is 18.7. The number of benzene rings is 1. The summed E-state index contributed by atoms with van der Waals surface area (Å²) in [6, 6.07) is 6.59. The highest BCUT2D eigenvalue weighted by molar-refractivity contribution is 7.91. The summed E-state index contributed by atoms with van der Waals surface area (Å²) in [5.41, 5.74) is 0.977. The van der Waals surface area contributed by atoms with Gasteiger partial charge in [0.1, 0.15) is 0 Å². The molecule has 7 heteroatoms. The second-order valence-electron chi connectivity index (χ2n) is 5.11. The van der Waals surface area contributed by atoms with Crippen molar-refractivity contribution in [2.45, 2.75) is 31.6 Å².